The fourth-order valence-corrected chi connectivity index (χ4v) is 2.38. The molecule has 0 atom stereocenters. The molecule has 0 fully saturated rings. The topological polar surface area (TPSA) is 75.4 Å². The van der Waals surface area contributed by atoms with Gasteiger partial charge in [0.15, 0.2) is 0 Å². The second kappa shape index (κ2) is 7.57. The van der Waals surface area contributed by atoms with Gasteiger partial charge >= 0.3 is 0 Å². The average Bonchev–Trinajstić information content (AvgIpc) is 3.03. The molecule has 0 unspecified atom stereocenters. The fraction of sp³-hybridized carbons (Fsp3) is 0.222. The zero-order valence-electron chi connectivity index (χ0n) is 14.3. The molecule has 7 nitrogen and oxygen atoms in total. The van der Waals surface area contributed by atoms with Gasteiger partial charge < -0.3 is 4.90 Å². The Morgan fingerprint density at radius 1 is 1.20 bits per heavy atom. The highest BCUT2D eigenvalue weighted by molar-refractivity contribution is 5.83. The van der Waals surface area contributed by atoms with E-state index in [2.05, 4.69) is 20.8 Å². The summed E-state index contributed by atoms with van der Waals surface area (Å²) in [5, 5.41) is 12.1. The van der Waals surface area contributed by atoms with Crippen molar-refractivity contribution in [3.63, 3.8) is 0 Å². The van der Waals surface area contributed by atoms with Crippen LogP contribution in [0.1, 0.15) is 12.0 Å². The molecule has 3 aromatic rings. The Balaban J connectivity index is 1.51. The summed E-state index contributed by atoms with van der Waals surface area (Å²) in [5.74, 6) is -0.166. The molecular formula is C18H20N6O. The van der Waals surface area contributed by atoms with Gasteiger partial charge in [0.2, 0.25) is 5.91 Å². The van der Waals surface area contributed by atoms with Gasteiger partial charge in [0.05, 0.1) is 18.3 Å². The van der Waals surface area contributed by atoms with Crippen molar-refractivity contribution in [2.24, 2.45) is 5.10 Å². The third kappa shape index (κ3) is 4.20. The van der Waals surface area contributed by atoms with Crippen molar-refractivity contribution >= 4 is 28.8 Å². The van der Waals surface area contributed by atoms with E-state index in [9.17, 15) is 4.79 Å². The predicted octanol–water partition coefficient (Wildman–Crippen LogP) is 2.04. The van der Waals surface area contributed by atoms with Crippen LogP contribution in [0.4, 0.5) is 5.69 Å². The maximum Gasteiger partial charge on any atom is 0.241 e. The maximum absolute atomic E-state index is 11.9. The third-order valence-electron chi connectivity index (χ3n) is 3.78. The van der Waals surface area contributed by atoms with Crippen molar-refractivity contribution in [2.75, 3.05) is 19.0 Å². The van der Waals surface area contributed by atoms with Gasteiger partial charge in [0.1, 0.15) is 5.52 Å². The van der Waals surface area contributed by atoms with E-state index in [-0.39, 0.29) is 12.3 Å². The highest BCUT2D eigenvalue weighted by Gasteiger charge is 2.06. The van der Waals surface area contributed by atoms with Gasteiger partial charge in [-0.1, -0.05) is 29.5 Å². The number of rotatable bonds is 6. The number of anilines is 1. The normalized spacial score (nSPS) is 11.1. The number of aryl methyl sites for hydroxylation is 1. The molecule has 7 heteroatoms. The van der Waals surface area contributed by atoms with E-state index in [4.69, 9.17) is 0 Å². The van der Waals surface area contributed by atoms with Crippen LogP contribution in [0.25, 0.3) is 11.0 Å². The van der Waals surface area contributed by atoms with Crippen LogP contribution in [0.15, 0.2) is 53.6 Å². The Labute approximate surface area is 145 Å². The van der Waals surface area contributed by atoms with E-state index in [1.54, 1.807) is 10.9 Å². The summed E-state index contributed by atoms with van der Waals surface area (Å²) >= 11 is 0. The lowest BCUT2D eigenvalue weighted by molar-refractivity contribution is -0.121. The minimum Gasteiger partial charge on any atom is -0.378 e. The van der Waals surface area contributed by atoms with Crippen LogP contribution < -0.4 is 10.3 Å². The van der Waals surface area contributed by atoms with Crippen LogP contribution in [0.2, 0.25) is 0 Å². The summed E-state index contributed by atoms with van der Waals surface area (Å²) < 4.78 is 1.72. The zero-order chi connectivity index (χ0) is 17.6. The molecule has 0 spiro atoms. The summed E-state index contributed by atoms with van der Waals surface area (Å²) in [6.45, 7) is 0.458. The van der Waals surface area contributed by atoms with E-state index in [1.165, 1.54) is 0 Å². The molecule has 0 aliphatic rings. The van der Waals surface area contributed by atoms with E-state index in [1.807, 2.05) is 67.5 Å². The van der Waals surface area contributed by atoms with Crippen molar-refractivity contribution in [1.82, 2.24) is 20.4 Å². The number of amides is 1. The first-order chi connectivity index (χ1) is 12.1. The van der Waals surface area contributed by atoms with E-state index in [0.717, 1.165) is 22.3 Å². The van der Waals surface area contributed by atoms with Crippen LogP contribution in [0, 0.1) is 0 Å². The molecule has 0 radical (unpaired) electrons. The second-order valence-electron chi connectivity index (χ2n) is 5.83. The first-order valence-electron chi connectivity index (χ1n) is 8.01. The van der Waals surface area contributed by atoms with Gasteiger partial charge in [0, 0.05) is 26.2 Å². The van der Waals surface area contributed by atoms with E-state index < -0.39 is 0 Å². The summed E-state index contributed by atoms with van der Waals surface area (Å²) in [6, 6.07) is 15.6. The highest BCUT2D eigenvalue weighted by Crippen LogP contribution is 2.11. The van der Waals surface area contributed by atoms with Crippen molar-refractivity contribution in [1.29, 1.82) is 0 Å². The number of hydrogen-bond donors (Lipinski definition) is 1. The summed E-state index contributed by atoms with van der Waals surface area (Å²) in [4.78, 5) is 13.9. The Morgan fingerprint density at radius 2 is 1.96 bits per heavy atom. The highest BCUT2D eigenvalue weighted by atomic mass is 16.2. The quantitative estimate of drug-likeness (QED) is 0.552. The SMILES string of the molecule is CN(C)c1ccc(/C=N/NC(=O)CCn2nnc3ccccc32)cc1. The van der Waals surface area contributed by atoms with Crippen LogP contribution in [0.3, 0.4) is 0 Å². The van der Waals surface area contributed by atoms with Crippen LogP contribution in [-0.4, -0.2) is 41.2 Å². The van der Waals surface area contributed by atoms with Gasteiger partial charge in [-0.15, -0.1) is 5.10 Å². The second-order valence-corrected chi connectivity index (χ2v) is 5.83. The number of nitrogens with zero attached hydrogens (tertiary/aromatic N) is 5. The Hall–Kier alpha value is -3.22. The van der Waals surface area contributed by atoms with Crippen LogP contribution in [-0.2, 0) is 11.3 Å². The Kier molecular flexibility index (Phi) is 5.03. The molecule has 0 aliphatic carbocycles. The number of aromatic nitrogens is 3. The van der Waals surface area contributed by atoms with Crippen molar-refractivity contribution in [3.05, 3.63) is 54.1 Å². The number of benzene rings is 2. The molecule has 0 bridgehead atoms. The summed E-state index contributed by atoms with van der Waals surface area (Å²) in [5.41, 5.74) is 6.31. The molecule has 3 rings (SSSR count). The number of carbonyl (C=O) groups excluding carboxylic acids is 1. The lowest BCUT2D eigenvalue weighted by Crippen LogP contribution is -2.19. The molecule has 1 aromatic heterocycles. The van der Waals surface area contributed by atoms with Crippen LogP contribution >= 0.6 is 0 Å². The lowest BCUT2D eigenvalue weighted by atomic mass is 10.2. The Bertz CT molecular complexity index is 882. The molecule has 0 saturated heterocycles. The first-order valence-corrected chi connectivity index (χ1v) is 8.01. The number of para-hydroxylation sites is 1. The first kappa shape index (κ1) is 16.6. The molecule has 25 heavy (non-hydrogen) atoms. The van der Waals surface area contributed by atoms with Gasteiger partial charge in [-0.05, 0) is 29.8 Å². The molecule has 0 aliphatic heterocycles. The minimum absolute atomic E-state index is 0.166. The minimum atomic E-state index is -0.166. The molecule has 1 N–H and O–H groups in total. The van der Waals surface area contributed by atoms with Crippen LogP contribution in [0.5, 0.6) is 0 Å². The molecule has 128 valence electrons. The molecule has 0 saturated carbocycles. The molecular weight excluding hydrogens is 316 g/mol. The number of hydrogen-bond acceptors (Lipinski definition) is 5. The average molecular weight is 336 g/mol. The standard InChI is InChI=1S/C18H20N6O/c1-23(2)15-9-7-14(8-10-15)13-19-21-18(25)11-12-24-17-6-4-3-5-16(17)20-22-24/h3-10,13H,11-12H2,1-2H3,(H,21,25)/b19-13+. The van der Waals surface area contributed by atoms with E-state index >= 15 is 0 Å². The van der Waals surface area contributed by atoms with Crippen molar-refractivity contribution in [2.45, 2.75) is 13.0 Å². The zero-order valence-corrected chi connectivity index (χ0v) is 14.3. The van der Waals surface area contributed by atoms with E-state index in [0.29, 0.717) is 6.54 Å². The van der Waals surface area contributed by atoms with Crippen molar-refractivity contribution in [3.8, 4) is 0 Å². The number of fused-ring (bicyclic) bond motifs is 1. The number of hydrazone groups is 1. The van der Waals surface area contributed by atoms with Gasteiger partial charge in [0.25, 0.3) is 0 Å². The van der Waals surface area contributed by atoms with Gasteiger partial charge in [-0.3, -0.25) is 4.79 Å². The van der Waals surface area contributed by atoms with Gasteiger partial charge in [-0.25, -0.2) is 10.1 Å². The smallest absolute Gasteiger partial charge is 0.241 e. The molecule has 2 aromatic carbocycles. The monoisotopic (exact) mass is 336 g/mol. The Morgan fingerprint density at radius 3 is 2.72 bits per heavy atom. The molecule has 1 amide bonds. The summed E-state index contributed by atoms with van der Waals surface area (Å²) in [6.07, 6.45) is 1.91. The predicted molar refractivity (Wildman–Crippen MR) is 98.7 cm³/mol. The fourth-order valence-electron chi connectivity index (χ4n) is 2.38. The number of carbonyl (C=O) groups is 1. The number of nitrogens with one attached hydrogen (secondary N) is 1. The van der Waals surface area contributed by atoms with Gasteiger partial charge in [-0.2, -0.15) is 5.10 Å². The largest absolute Gasteiger partial charge is 0.378 e. The third-order valence-corrected chi connectivity index (χ3v) is 3.78. The molecule has 1 heterocycles. The lowest BCUT2D eigenvalue weighted by Gasteiger charge is -2.11. The maximum atomic E-state index is 11.9. The summed E-state index contributed by atoms with van der Waals surface area (Å²) in [7, 11) is 3.98. The van der Waals surface area contributed by atoms with Crippen molar-refractivity contribution < 1.29 is 4.79 Å².